The maximum Gasteiger partial charge on any atom is 0.104 e. The van der Waals surface area contributed by atoms with Gasteiger partial charge in [0.25, 0.3) is 0 Å². The molecule has 0 aromatic rings. The minimum Gasteiger partial charge on any atom is -0.398 e. The first-order chi connectivity index (χ1) is 10.1. The van der Waals surface area contributed by atoms with E-state index in [1.807, 2.05) is 18.2 Å². The third kappa shape index (κ3) is 1.69. The van der Waals surface area contributed by atoms with E-state index in [1.54, 1.807) is 18.2 Å². The fourth-order valence-corrected chi connectivity index (χ4v) is 2.53. The van der Waals surface area contributed by atoms with Crippen LogP contribution in [0.25, 0.3) is 22.3 Å². The van der Waals surface area contributed by atoms with Crippen molar-refractivity contribution in [3.8, 4) is 34.4 Å². The minimum atomic E-state index is 0.235. The lowest BCUT2D eigenvalue weighted by atomic mass is 10.0. The number of anilines is 3. The van der Waals surface area contributed by atoms with Crippen LogP contribution in [0.15, 0.2) is 30.3 Å². The summed E-state index contributed by atoms with van der Waals surface area (Å²) in [5.41, 5.74) is 22.6. The molecule has 0 aromatic heterocycles. The lowest BCUT2D eigenvalue weighted by Gasteiger charge is -2.04. The first-order valence-corrected chi connectivity index (χ1v) is 6.21. The van der Waals surface area contributed by atoms with Crippen LogP contribution in [0.5, 0.6) is 0 Å². The molecule has 0 radical (unpaired) electrons. The summed E-state index contributed by atoms with van der Waals surface area (Å²) in [6.07, 6.45) is 0. The van der Waals surface area contributed by atoms with Gasteiger partial charge in [-0.3, -0.25) is 0 Å². The Morgan fingerprint density at radius 2 is 1.43 bits per heavy atom. The Bertz CT molecular complexity index is 898. The topological polar surface area (TPSA) is 126 Å². The molecule has 0 spiro atoms. The summed E-state index contributed by atoms with van der Waals surface area (Å²) in [4.78, 5) is 0. The Labute approximate surface area is 121 Å². The van der Waals surface area contributed by atoms with E-state index in [-0.39, 0.29) is 11.3 Å². The lowest BCUT2D eigenvalue weighted by Crippen LogP contribution is -1.89. The van der Waals surface area contributed by atoms with Crippen molar-refractivity contribution in [2.45, 2.75) is 0 Å². The highest BCUT2D eigenvalue weighted by Gasteiger charge is 2.21. The van der Waals surface area contributed by atoms with Crippen molar-refractivity contribution in [2.24, 2.45) is 0 Å². The minimum absolute atomic E-state index is 0.235. The van der Waals surface area contributed by atoms with E-state index < -0.39 is 0 Å². The van der Waals surface area contributed by atoms with E-state index in [0.717, 1.165) is 11.1 Å². The molecule has 5 nitrogen and oxygen atoms in total. The maximum absolute atomic E-state index is 9.26. The smallest absolute Gasteiger partial charge is 0.104 e. The SMILES string of the molecule is N#Cc1cc2ccc(N)c-2cc2c(N)c(C#N)c(N)c-2c1. The molecular formula is C16H11N5. The second-order valence-corrected chi connectivity index (χ2v) is 4.80. The van der Waals surface area contributed by atoms with Crippen molar-refractivity contribution in [1.29, 1.82) is 10.5 Å². The number of hydrogen-bond acceptors (Lipinski definition) is 5. The van der Waals surface area contributed by atoms with Crippen molar-refractivity contribution >= 4 is 17.1 Å². The first-order valence-electron chi connectivity index (χ1n) is 6.21. The van der Waals surface area contributed by atoms with E-state index in [2.05, 4.69) is 6.07 Å². The van der Waals surface area contributed by atoms with Gasteiger partial charge < -0.3 is 17.2 Å². The molecule has 0 fully saturated rings. The van der Waals surface area contributed by atoms with Crippen molar-refractivity contribution in [3.05, 3.63) is 41.5 Å². The van der Waals surface area contributed by atoms with Gasteiger partial charge in [0.15, 0.2) is 0 Å². The van der Waals surface area contributed by atoms with Crippen LogP contribution in [0.2, 0.25) is 0 Å². The van der Waals surface area contributed by atoms with E-state index in [1.165, 1.54) is 0 Å². The Morgan fingerprint density at radius 3 is 2.05 bits per heavy atom. The van der Waals surface area contributed by atoms with E-state index in [4.69, 9.17) is 17.2 Å². The summed E-state index contributed by atoms with van der Waals surface area (Å²) in [7, 11) is 0. The number of nitriles is 2. The van der Waals surface area contributed by atoms with Gasteiger partial charge in [-0.05, 0) is 29.8 Å². The first kappa shape index (κ1) is 12.6. The van der Waals surface area contributed by atoms with Crippen LogP contribution >= 0.6 is 0 Å². The summed E-state index contributed by atoms with van der Waals surface area (Å²) in [5.74, 6) is 0. The molecule has 6 N–H and O–H groups in total. The van der Waals surface area contributed by atoms with Gasteiger partial charge in [0.1, 0.15) is 6.07 Å². The number of nitrogen functional groups attached to an aromatic ring is 3. The van der Waals surface area contributed by atoms with Crippen LogP contribution < -0.4 is 17.2 Å². The van der Waals surface area contributed by atoms with Crippen molar-refractivity contribution < 1.29 is 0 Å². The molecule has 0 unspecified atom stereocenters. The summed E-state index contributed by atoms with van der Waals surface area (Å²) in [5, 5.41) is 18.4. The number of nitrogens with zero attached hydrogens (tertiary/aromatic N) is 2. The second-order valence-electron chi connectivity index (χ2n) is 4.80. The van der Waals surface area contributed by atoms with Gasteiger partial charge in [0.2, 0.25) is 0 Å². The zero-order chi connectivity index (χ0) is 15.1. The van der Waals surface area contributed by atoms with Gasteiger partial charge in [0.05, 0.1) is 28.6 Å². The van der Waals surface area contributed by atoms with Gasteiger partial charge in [-0.15, -0.1) is 0 Å². The molecule has 0 aromatic carbocycles. The number of fused-ring (bicyclic) bond motifs is 2. The zero-order valence-corrected chi connectivity index (χ0v) is 11.0. The lowest BCUT2D eigenvalue weighted by molar-refractivity contribution is 1.49. The molecule has 0 saturated heterocycles. The highest BCUT2D eigenvalue weighted by molar-refractivity contribution is 5.99. The molecule has 21 heavy (non-hydrogen) atoms. The Hall–Kier alpha value is -3.44. The summed E-state index contributed by atoms with van der Waals surface area (Å²) in [6.45, 7) is 0. The van der Waals surface area contributed by atoms with Crippen LogP contribution in [-0.2, 0) is 0 Å². The van der Waals surface area contributed by atoms with Crippen LogP contribution in [0.1, 0.15) is 11.1 Å². The molecule has 0 bridgehead atoms. The molecule has 0 amide bonds. The molecule has 3 aliphatic rings. The van der Waals surface area contributed by atoms with E-state index in [0.29, 0.717) is 28.1 Å². The van der Waals surface area contributed by atoms with Crippen LogP contribution in [0.4, 0.5) is 17.1 Å². The monoisotopic (exact) mass is 273 g/mol. The fourth-order valence-electron chi connectivity index (χ4n) is 2.53. The molecule has 0 atom stereocenters. The Kier molecular flexibility index (Phi) is 2.57. The maximum atomic E-state index is 9.26. The van der Waals surface area contributed by atoms with Crippen molar-refractivity contribution in [2.75, 3.05) is 17.2 Å². The van der Waals surface area contributed by atoms with E-state index >= 15 is 0 Å². The predicted octanol–water partition coefficient (Wildman–Crippen LogP) is 2.39. The van der Waals surface area contributed by atoms with Crippen LogP contribution in [0.3, 0.4) is 0 Å². The molecule has 3 aliphatic carbocycles. The third-order valence-electron chi connectivity index (χ3n) is 3.61. The number of rotatable bonds is 0. The molecular weight excluding hydrogens is 262 g/mol. The van der Waals surface area contributed by atoms with Crippen LogP contribution in [0, 0.1) is 22.7 Å². The quantitative estimate of drug-likeness (QED) is 0.579. The van der Waals surface area contributed by atoms with E-state index in [9.17, 15) is 10.5 Å². The van der Waals surface area contributed by atoms with Gasteiger partial charge in [0, 0.05) is 22.4 Å². The summed E-state index contributed by atoms with van der Waals surface area (Å²) >= 11 is 0. The highest BCUT2D eigenvalue weighted by atomic mass is 14.7. The molecule has 100 valence electrons. The second kappa shape index (κ2) is 4.29. The van der Waals surface area contributed by atoms with Gasteiger partial charge in [-0.2, -0.15) is 10.5 Å². The van der Waals surface area contributed by atoms with Crippen molar-refractivity contribution in [3.63, 3.8) is 0 Å². The van der Waals surface area contributed by atoms with Gasteiger partial charge in [-0.25, -0.2) is 0 Å². The van der Waals surface area contributed by atoms with Crippen molar-refractivity contribution in [1.82, 2.24) is 0 Å². The Balaban J connectivity index is 2.53. The number of hydrogen-bond donors (Lipinski definition) is 3. The molecule has 0 aliphatic heterocycles. The molecule has 5 heteroatoms. The molecule has 0 heterocycles. The summed E-state index contributed by atoms with van der Waals surface area (Å²) in [6, 6.07) is 12.9. The fraction of sp³-hybridized carbons (Fsp3) is 0. The largest absolute Gasteiger partial charge is 0.398 e. The molecule has 3 rings (SSSR count). The zero-order valence-electron chi connectivity index (χ0n) is 11.0. The normalized spacial score (nSPS) is 10.4. The average molecular weight is 273 g/mol. The predicted molar refractivity (Wildman–Crippen MR) is 82.4 cm³/mol. The summed E-state index contributed by atoms with van der Waals surface area (Å²) < 4.78 is 0. The molecule has 0 saturated carbocycles. The Morgan fingerprint density at radius 1 is 0.762 bits per heavy atom. The third-order valence-corrected chi connectivity index (χ3v) is 3.61. The highest BCUT2D eigenvalue weighted by Crippen LogP contribution is 2.43. The van der Waals surface area contributed by atoms with Gasteiger partial charge in [-0.1, -0.05) is 6.07 Å². The average Bonchev–Trinajstić information content (AvgIpc) is 2.88. The van der Waals surface area contributed by atoms with Gasteiger partial charge >= 0.3 is 0 Å². The standard InChI is InChI=1S/C16H11N5/c17-6-8-3-9-1-2-14(19)10(9)5-12-11(4-8)15(20)13(7-18)16(12)21/h1-5H,19-21H2. The van der Waals surface area contributed by atoms with Crippen LogP contribution in [-0.4, -0.2) is 0 Å². The number of nitrogens with two attached hydrogens (primary N) is 3.